The zero-order chi connectivity index (χ0) is 22.9. The summed E-state index contributed by atoms with van der Waals surface area (Å²) in [4.78, 5) is 0. The van der Waals surface area contributed by atoms with Crippen LogP contribution >= 0.6 is 0 Å². The summed E-state index contributed by atoms with van der Waals surface area (Å²) < 4.78 is 38.7. The highest BCUT2D eigenvalue weighted by Crippen LogP contribution is 2.67. The lowest BCUT2D eigenvalue weighted by molar-refractivity contribution is -0.137. The Kier molecular flexibility index (Phi) is 5.33. The molecule has 2 N–H and O–H groups in total. The Bertz CT molecular complexity index is 891. The molecule has 5 rings (SSSR count). The summed E-state index contributed by atoms with van der Waals surface area (Å²) in [7, 11) is 0. The van der Waals surface area contributed by atoms with E-state index in [1.54, 1.807) is 0 Å². The predicted octanol–water partition coefficient (Wildman–Crippen LogP) is 6.46. The fourth-order valence-corrected chi connectivity index (χ4v) is 8.22. The molecule has 176 valence electrons. The van der Waals surface area contributed by atoms with Gasteiger partial charge in [-0.3, -0.25) is 0 Å². The maximum absolute atomic E-state index is 12.9. The van der Waals surface area contributed by atoms with E-state index in [2.05, 4.69) is 13.8 Å². The lowest BCUT2D eigenvalue weighted by Gasteiger charge is -2.60. The number of hydrogen-bond donors (Lipinski definition) is 2. The summed E-state index contributed by atoms with van der Waals surface area (Å²) in [5.74, 6) is 2.25. The smallest absolute Gasteiger partial charge is 0.393 e. The Morgan fingerprint density at radius 1 is 0.906 bits per heavy atom. The van der Waals surface area contributed by atoms with Crippen molar-refractivity contribution in [3.63, 3.8) is 0 Å². The van der Waals surface area contributed by atoms with Crippen LogP contribution in [0.5, 0.6) is 0 Å². The van der Waals surface area contributed by atoms with Crippen molar-refractivity contribution in [1.82, 2.24) is 0 Å². The van der Waals surface area contributed by atoms with Crippen LogP contribution < -0.4 is 0 Å². The van der Waals surface area contributed by atoms with Crippen molar-refractivity contribution in [1.29, 1.82) is 0 Å². The molecule has 0 heterocycles. The molecule has 4 fully saturated rings. The molecule has 4 saturated carbocycles. The van der Waals surface area contributed by atoms with Crippen LogP contribution in [0.25, 0.3) is 6.08 Å². The van der Waals surface area contributed by atoms with Gasteiger partial charge in [0.2, 0.25) is 0 Å². The van der Waals surface area contributed by atoms with E-state index >= 15 is 0 Å². The molecule has 32 heavy (non-hydrogen) atoms. The van der Waals surface area contributed by atoms with Crippen LogP contribution in [0, 0.1) is 34.5 Å². The van der Waals surface area contributed by atoms with Gasteiger partial charge in [-0.15, -0.1) is 0 Å². The number of aliphatic hydroxyl groups is 2. The maximum Gasteiger partial charge on any atom is 0.416 e. The number of fused-ring (bicyclic) bond motifs is 5. The monoisotopic (exact) mass is 448 g/mol. The Balaban J connectivity index is 1.40. The Morgan fingerprint density at radius 3 is 2.28 bits per heavy atom. The molecule has 4 aliphatic rings. The molecule has 2 nitrogen and oxygen atoms in total. The number of aliphatic hydroxyl groups excluding tert-OH is 2. The quantitative estimate of drug-likeness (QED) is 0.517. The minimum atomic E-state index is -4.33. The van der Waals surface area contributed by atoms with Crippen LogP contribution in [0.4, 0.5) is 13.2 Å². The van der Waals surface area contributed by atoms with E-state index < -0.39 is 17.8 Å². The van der Waals surface area contributed by atoms with Crippen molar-refractivity contribution in [3.8, 4) is 0 Å². The fraction of sp³-hybridized carbons (Fsp3) is 0.704. The van der Waals surface area contributed by atoms with Crippen molar-refractivity contribution < 1.29 is 23.4 Å². The molecular weight excluding hydrogens is 413 g/mol. The Hall–Kier alpha value is -1.33. The minimum Gasteiger partial charge on any atom is -0.393 e. The van der Waals surface area contributed by atoms with Crippen LogP contribution in [-0.4, -0.2) is 22.4 Å². The normalized spacial score (nSPS) is 45.3. The van der Waals surface area contributed by atoms with Crippen molar-refractivity contribution in [2.75, 3.05) is 0 Å². The lowest BCUT2D eigenvalue weighted by Crippen LogP contribution is -2.54. The zero-order valence-electron chi connectivity index (χ0n) is 19.0. The maximum atomic E-state index is 12.9. The molecule has 4 aliphatic carbocycles. The van der Waals surface area contributed by atoms with E-state index in [4.69, 9.17) is 0 Å². The summed E-state index contributed by atoms with van der Waals surface area (Å²) in [6.45, 7) is 4.68. The van der Waals surface area contributed by atoms with Gasteiger partial charge in [0.05, 0.1) is 17.8 Å². The largest absolute Gasteiger partial charge is 0.416 e. The zero-order valence-corrected chi connectivity index (χ0v) is 19.0. The first-order chi connectivity index (χ1) is 15.0. The van der Waals surface area contributed by atoms with Gasteiger partial charge >= 0.3 is 6.18 Å². The molecule has 0 unspecified atom stereocenters. The summed E-state index contributed by atoms with van der Waals surface area (Å²) in [6.07, 6.45) is 5.13. The molecule has 0 radical (unpaired) electrons. The van der Waals surface area contributed by atoms with Crippen LogP contribution in [-0.2, 0) is 6.18 Å². The van der Waals surface area contributed by atoms with Gasteiger partial charge in [-0.2, -0.15) is 13.2 Å². The topological polar surface area (TPSA) is 40.5 Å². The summed E-state index contributed by atoms with van der Waals surface area (Å²) in [6, 6.07) is 5.26. The molecule has 8 atom stereocenters. The number of alkyl halides is 3. The lowest BCUT2D eigenvalue weighted by atomic mass is 9.45. The average Bonchev–Trinajstić information content (AvgIpc) is 2.99. The highest BCUT2D eigenvalue weighted by atomic mass is 19.4. The third kappa shape index (κ3) is 3.46. The SMILES string of the molecule is C[C@]12CC[C@H](O)C[C@@H]1CC[C@H]1[C@H]2CC[C@]2(C)[C@@H]1C/C(=C/c1ccc(C(F)(F)F)cc1)[C@@H]2O. The first kappa shape index (κ1) is 22.5. The molecule has 0 amide bonds. The van der Waals surface area contributed by atoms with Crippen molar-refractivity contribution in [2.24, 2.45) is 34.5 Å². The third-order valence-corrected chi connectivity index (χ3v) is 10.1. The van der Waals surface area contributed by atoms with Gasteiger partial charge in [-0.25, -0.2) is 0 Å². The number of rotatable bonds is 1. The summed E-state index contributed by atoms with van der Waals surface area (Å²) >= 11 is 0. The first-order valence-electron chi connectivity index (χ1n) is 12.3. The van der Waals surface area contributed by atoms with Gasteiger partial charge in [-0.1, -0.05) is 32.1 Å². The summed E-state index contributed by atoms with van der Waals surface area (Å²) in [5.41, 5.74) is 1.19. The van der Waals surface area contributed by atoms with Gasteiger partial charge in [0.25, 0.3) is 0 Å². The van der Waals surface area contributed by atoms with Gasteiger partial charge in [0, 0.05) is 5.41 Å². The second kappa shape index (κ2) is 7.59. The van der Waals surface area contributed by atoms with E-state index in [1.807, 2.05) is 6.08 Å². The molecule has 0 bridgehead atoms. The van der Waals surface area contributed by atoms with Crippen LogP contribution in [0.15, 0.2) is 29.8 Å². The van der Waals surface area contributed by atoms with E-state index in [1.165, 1.54) is 12.1 Å². The summed E-state index contributed by atoms with van der Waals surface area (Å²) in [5, 5.41) is 21.5. The van der Waals surface area contributed by atoms with Crippen LogP contribution in [0.3, 0.4) is 0 Å². The van der Waals surface area contributed by atoms with E-state index in [0.29, 0.717) is 23.7 Å². The molecular formula is C27H35F3O2. The molecule has 0 aliphatic heterocycles. The van der Waals surface area contributed by atoms with E-state index in [-0.39, 0.29) is 16.9 Å². The number of halogens is 3. The van der Waals surface area contributed by atoms with Gasteiger partial charge < -0.3 is 10.2 Å². The molecule has 0 spiro atoms. The van der Waals surface area contributed by atoms with E-state index in [9.17, 15) is 23.4 Å². The molecule has 0 saturated heterocycles. The molecule has 5 heteroatoms. The van der Waals surface area contributed by atoms with Gasteiger partial charge in [0.15, 0.2) is 0 Å². The number of benzene rings is 1. The van der Waals surface area contributed by atoms with Gasteiger partial charge in [0.1, 0.15) is 0 Å². The van der Waals surface area contributed by atoms with Gasteiger partial charge in [-0.05, 0) is 104 Å². The average molecular weight is 449 g/mol. The van der Waals surface area contributed by atoms with Crippen molar-refractivity contribution in [3.05, 3.63) is 41.0 Å². The Morgan fingerprint density at radius 2 is 1.59 bits per heavy atom. The highest BCUT2D eigenvalue weighted by Gasteiger charge is 2.61. The molecule has 1 aromatic carbocycles. The molecule has 1 aromatic rings. The third-order valence-electron chi connectivity index (χ3n) is 10.1. The van der Waals surface area contributed by atoms with E-state index in [0.717, 1.165) is 74.6 Å². The predicted molar refractivity (Wildman–Crippen MR) is 119 cm³/mol. The fourth-order valence-electron chi connectivity index (χ4n) is 8.22. The first-order valence-corrected chi connectivity index (χ1v) is 12.3. The van der Waals surface area contributed by atoms with Crippen molar-refractivity contribution in [2.45, 2.75) is 83.6 Å². The second-order valence-electron chi connectivity index (χ2n) is 11.6. The standard InChI is InChI=1S/C27H35F3O2/c1-25-11-9-20(31)15-19(25)7-8-21-22(25)10-12-26(2)23(21)14-17(24(26)32)13-16-3-5-18(6-4-16)27(28,29)30/h3-6,13,19-24,31-32H,7-12,14-15H2,1-2H3/b17-13-/t19-,20-,21-,22+,23+,24-,25-,26+/m0/s1. The molecule has 0 aromatic heterocycles. The van der Waals surface area contributed by atoms with Crippen molar-refractivity contribution >= 4 is 6.08 Å². The number of hydrogen-bond acceptors (Lipinski definition) is 2. The minimum absolute atomic E-state index is 0.148. The van der Waals surface area contributed by atoms with Crippen LogP contribution in [0.1, 0.15) is 76.3 Å². The van der Waals surface area contributed by atoms with Crippen LogP contribution in [0.2, 0.25) is 0 Å². The second-order valence-corrected chi connectivity index (χ2v) is 11.6. The Labute approximate surface area is 188 Å². The highest BCUT2D eigenvalue weighted by molar-refractivity contribution is 5.56.